The lowest BCUT2D eigenvalue weighted by Crippen LogP contribution is -2.40. The van der Waals surface area contributed by atoms with Crippen molar-refractivity contribution in [3.63, 3.8) is 0 Å². The molecule has 2 fully saturated rings. The van der Waals surface area contributed by atoms with Crippen LogP contribution in [0.1, 0.15) is 46.0 Å². The Balaban J connectivity index is 1.57. The first-order chi connectivity index (χ1) is 8.59. The van der Waals surface area contributed by atoms with Gasteiger partial charge < -0.3 is 15.0 Å². The third-order valence-electron chi connectivity index (χ3n) is 4.56. The van der Waals surface area contributed by atoms with Gasteiger partial charge in [-0.1, -0.05) is 0 Å². The molecule has 1 aliphatic carbocycles. The van der Waals surface area contributed by atoms with E-state index in [9.17, 15) is 0 Å². The molecule has 2 aliphatic rings. The average Bonchev–Trinajstić information content (AvgIpc) is 3.19. The topological polar surface area (TPSA) is 24.5 Å². The molecule has 0 aromatic carbocycles. The van der Waals surface area contributed by atoms with Gasteiger partial charge in [-0.05, 0) is 71.5 Å². The number of likely N-dealkylation sites (tertiary alicyclic amines) is 1. The van der Waals surface area contributed by atoms with Gasteiger partial charge in [-0.25, -0.2) is 0 Å². The van der Waals surface area contributed by atoms with E-state index in [1.165, 1.54) is 51.9 Å². The Bertz CT molecular complexity index is 243. The minimum atomic E-state index is 0.0321. The second-order valence-corrected chi connectivity index (χ2v) is 6.68. The molecule has 106 valence electrons. The van der Waals surface area contributed by atoms with Crippen molar-refractivity contribution in [2.75, 3.05) is 33.3 Å². The minimum Gasteiger partial charge on any atom is -0.379 e. The van der Waals surface area contributed by atoms with E-state index in [0.29, 0.717) is 0 Å². The molecule has 18 heavy (non-hydrogen) atoms. The zero-order valence-electron chi connectivity index (χ0n) is 12.4. The first-order valence-corrected chi connectivity index (χ1v) is 7.60. The summed E-state index contributed by atoms with van der Waals surface area (Å²) in [5.41, 5.74) is 0.0321. The van der Waals surface area contributed by atoms with Crippen LogP contribution in [0.5, 0.6) is 0 Å². The predicted octanol–water partition coefficient (Wildman–Crippen LogP) is 2.27. The van der Waals surface area contributed by atoms with E-state index in [0.717, 1.165) is 18.4 Å². The Hall–Kier alpha value is -0.120. The first-order valence-electron chi connectivity index (χ1n) is 7.60. The number of nitrogens with one attached hydrogen (secondary N) is 1. The minimum absolute atomic E-state index is 0.0321. The Labute approximate surface area is 112 Å². The smallest absolute Gasteiger partial charge is 0.0634 e. The normalized spacial score (nSPS) is 23.5. The monoisotopic (exact) mass is 254 g/mol. The number of hydrogen-bond acceptors (Lipinski definition) is 3. The van der Waals surface area contributed by atoms with Crippen LogP contribution in [0, 0.1) is 5.92 Å². The lowest BCUT2D eigenvalue weighted by Gasteiger charge is -2.34. The molecule has 1 heterocycles. The van der Waals surface area contributed by atoms with E-state index in [4.69, 9.17) is 4.74 Å². The fourth-order valence-electron chi connectivity index (χ4n) is 2.56. The number of ether oxygens (including phenoxy) is 1. The van der Waals surface area contributed by atoms with Crippen molar-refractivity contribution in [2.24, 2.45) is 5.92 Å². The Kier molecular flexibility index (Phi) is 5.05. The number of hydrogen-bond donors (Lipinski definition) is 1. The first kappa shape index (κ1) is 14.3. The molecule has 3 nitrogen and oxygen atoms in total. The van der Waals surface area contributed by atoms with Crippen LogP contribution >= 0.6 is 0 Å². The Morgan fingerprint density at radius 2 is 1.83 bits per heavy atom. The van der Waals surface area contributed by atoms with Crippen LogP contribution in [0.3, 0.4) is 0 Å². The largest absolute Gasteiger partial charge is 0.379 e. The molecule has 1 aliphatic heterocycles. The molecule has 0 aromatic rings. The fourth-order valence-corrected chi connectivity index (χ4v) is 2.56. The van der Waals surface area contributed by atoms with Crippen LogP contribution in [0.2, 0.25) is 0 Å². The van der Waals surface area contributed by atoms with Crippen molar-refractivity contribution in [1.29, 1.82) is 0 Å². The van der Waals surface area contributed by atoms with Crippen LogP contribution in [0.15, 0.2) is 0 Å². The maximum Gasteiger partial charge on any atom is 0.0634 e. The number of methoxy groups -OCH3 is 1. The highest BCUT2D eigenvalue weighted by atomic mass is 16.5. The van der Waals surface area contributed by atoms with Crippen molar-refractivity contribution in [2.45, 2.75) is 57.6 Å². The fraction of sp³-hybridized carbons (Fsp3) is 1.00. The number of piperidine rings is 1. The number of rotatable bonds is 7. The Morgan fingerprint density at radius 1 is 1.17 bits per heavy atom. The van der Waals surface area contributed by atoms with Gasteiger partial charge in [0.2, 0.25) is 0 Å². The van der Waals surface area contributed by atoms with Crippen LogP contribution in [0.25, 0.3) is 0 Å². The highest BCUT2D eigenvalue weighted by Crippen LogP contribution is 2.22. The quantitative estimate of drug-likeness (QED) is 0.754. The summed E-state index contributed by atoms with van der Waals surface area (Å²) < 4.78 is 5.49. The molecule has 0 radical (unpaired) electrons. The van der Waals surface area contributed by atoms with Crippen molar-refractivity contribution in [3.8, 4) is 0 Å². The third kappa shape index (κ3) is 4.87. The van der Waals surface area contributed by atoms with Gasteiger partial charge in [0, 0.05) is 19.7 Å². The summed E-state index contributed by atoms with van der Waals surface area (Å²) in [5, 5.41) is 3.67. The van der Waals surface area contributed by atoms with Crippen LogP contribution in [0.4, 0.5) is 0 Å². The van der Waals surface area contributed by atoms with Gasteiger partial charge in [0.15, 0.2) is 0 Å². The Morgan fingerprint density at radius 3 is 2.39 bits per heavy atom. The lowest BCUT2D eigenvalue weighted by atomic mass is 9.96. The summed E-state index contributed by atoms with van der Waals surface area (Å²) in [5.74, 6) is 0.914. The summed E-state index contributed by atoms with van der Waals surface area (Å²) in [7, 11) is 1.82. The van der Waals surface area contributed by atoms with E-state index >= 15 is 0 Å². The predicted molar refractivity (Wildman–Crippen MR) is 75.9 cm³/mol. The van der Waals surface area contributed by atoms with Crippen LogP contribution in [-0.2, 0) is 4.74 Å². The van der Waals surface area contributed by atoms with E-state index in [-0.39, 0.29) is 5.60 Å². The van der Waals surface area contributed by atoms with E-state index in [1.54, 1.807) is 0 Å². The molecule has 0 amide bonds. The third-order valence-corrected chi connectivity index (χ3v) is 4.56. The molecule has 2 rings (SSSR count). The molecule has 1 N–H and O–H groups in total. The van der Waals surface area contributed by atoms with Gasteiger partial charge in [0.25, 0.3) is 0 Å². The second kappa shape index (κ2) is 6.36. The maximum atomic E-state index is 5.49. The van der Waals surface area contributed by atoms with Crippen LogP contribution in [-0.4, -0.2) is 49.8 Å². The maximum absolute atomic E-state index is 5.49. The molecule has 0 bridgehead atoms. The molecule has 0 unspecified atom stereocenters. The molecular formula is C15H30N2O. The summed E-state index contributed by atoms with van der Waals surface area (Å²) in [6.45, 7) is 9.35. The second-order valence-electron chi connectivity index (χ2n) is 6.68. The standard InChI is InChI=1S/C15H30N2O/c1-15(2,18-3)8-11-17-9-6-13(7-10-17)12-16-14-4-5-14/h13-14,16H,4-12H2,1-3H3. The highest BCUT2D eigenvalue weighted by Gasteiger charge is 2.25. The molecule has 0 aromatic heterocycles. The molecular weight excluding hydrogens is 224 g/mol. The van der Waals surface area contributed by atoms with Crippen LogP contribution < -0.4 is 5.32 Å². The average molecular weight is 254 g/mol. The summed E-state index contributed by atoms with van der Waals surface area (Å²) in [6.07, 6.45) is 6.69. The lowest BCUT2D eigenvalue weighted by molar-refractivity contribution is 0.00489. The van der Waals surface area contributed by atoms with Gasteiger partial charge in [-0.2, -0.15) is 0 Å². The van der Waals surface area contributed by atoms with E-state index in [2.05, 4.69) is 24.1 Å². The van der Waals surface area contributed by atoms with Gasteiger partial charge >= 0.3 is 0 Å². The summed E-state index contributed by atoms with van der Waals surface area (Å²) >= 11 is 0. The highest BCUT2D eigenvalue weighted by molar-refractivity contribution is 4.83. The molecule has 0 spiro atoms. The van der Waals surface area contributed by atoms with Crippen molar-refractivity contribution in [3.05, 3.63) is 0 Å². The molecule has 1 saturated heterocycles. The van der Waals surface area contributed by atoms with E-state index < -0.39 is 0 Å². The summed E-state index contributed by atoms with van der Waals surface area (Å²) in [6, 6.07) is 0.866. The van der Waals surface area contributed by atoms with Crippen molar-refractivity contribution >= 4 is 0 Å². The zero-order chi connectivity index (χ0) is 13.0. The molecule has 3 heteroatoms. The zero-order valence-corrected chi connectivity index (χ0v) is 12.4. The molecule has 0 atom stereocenters. The van der Waals surface area contributed by atoms with Crippen molar-refractivity contribution in [1.82, 2.24) is 10.2 Å². The SMILES string of the molecule is COC(C)(C)CCN1CCC(CNC2CC2)CC1. The van der Waals surface area contributed by atoms with Gasteiger partial charge in [0.05, 0.1) is 5.60 Å². The van der Waals surface area contributed by atoms with Crippen molar-refractivity contribution < 1.29 is 4.74 Å². The van der Waals surface area contributed by atoms with E-state index in [1.807, 2.05) is 7.11 Å². The van der Waals surface area contributed by atoms with Gasteiger partial charge in [-0.3, -0.25) is 0 Å². The van der Waals surface area contributed by atoms with Gasteiger partial charge in [-0.15, -0.1) is 0 Å². The summed E-state index contributed by atoms with van der Waals surface area (Å²) in [4.78, 5) is 2.61. The molecule has 1 saturated carbocycles. The number of nitrogens with zero attached hydrogens (tertiary/aromatic N) is 1. The van der Waals surface area contributed by atoms with Gasteiger partial charge in [0.1, 0.15) is 0 Å².